The van der Waals surface area contributed by atoms with E-state index in [1.54, 1.807) is 13.1 Å². The van der Waals surface area contributed by atoms with Crippen LogP contribution < -0.4 is 5.32 Å². The average molecular weight is 243 g/mol. The van der Waals surface area contributed by atoms with Crippen LogP contribution in [0.4, 0.5) is 5.82 Å². The molecule has 18 heavy (non-hydrogen) atoms. The van der Waals surface area contributed by atoms with Gasteiger partial charge in [-0.25, -0.2) is 14.8 Å². The largest absolute Gasteiger partial charge is 0.463 e. The van der Waals surface area contributed by atoms with Crippen LogP contribution >= 0.6 is 0 Å². The number of rotatable bonds is 3. The van der Waals surface area contributed by atoms with Crippen LogP contribution in [0.15, 0.2) is 36.4 Å². The molecule has 0 spiro atoms. The van der Waals surface area contributed by atoms with Crippen LogP contribution in [0, 0.1) is 0 Å². The lowest BCUT2D eigenvalue weighted by Gasteiger charge is -2.06. The lowest BCUT2D eigenvalue weighted by Crippen LogP contribution is -2.09. The van der Waals surface area contributed by atoms with Crippen LogP contribution in [-0.2, 0) is 4.74 Å². The summed E-state index contributed by atoms with van der Waals surface area (Å²) in [5, 5.41) is 2.90. The van der Waals surface area contributed by atoms with Crippen LogP contribution in [-0.4, -0.2) is 30.1 Å². The number of esters is 1. The Bertz CT molecular complexity index is 555. The molecule has 0 aliphatic rings. The molecule has 5 nitrogen and oxygen atoms in total. The highest BCUT2D eigenvalue weighted by atomic mass is 16.5. The maximum absolute atomic E-state index is 11.5. The average Bonchev–Trinajstić information content (AvgIpc) is 2.46. The molecule has 0 saturated carbocycles. The highest BCUT2D eigenvalue weighted by Gasteiger charge is 2.13. The predicted octanol–water partition coefficient (Wildman–Crippen LogP) is 1.97. The van der Waals surface area contributed by atoms with E-state index in [4.69, 9.17) is 0 Å². The molecule has 1 aromatic heterocycles. The summed E-state index contributed by atoms with van der Waals surface area (Å²) in [4.78, 5) is 19.7. The Morgan fingerprint density at radius 2 is 1.94 bits per heavy atom. The van der Waals surface area contributed by atoms with Crippen LogP contribution in [0.1, 0.15) is 10.6 Å². The number of anilines is 1. The molecule has 0 bridgehead atoms. The molecule has 0 unspecified atom stereocenters. The van der Waals surface area contributed by atoms with Crippen molar-refractivity contribution >= 4 is 11.8 Å². The molecule has 5 heteroatoms. The van der Waals surface area contributed by atoms with Gasteiger partial charge in [0.05, 0.1) is 12.8 Å². The van der Waals surface area contributed by atoms with Crippen molar-refractivity contribution in [2.75, 3.05) is 19.5 Å². The number of carbonyl (C=O) groups excluding carboxylic acids is 1. The summed E-state index contributed by atoms with van der Waals surface area (Å²) in [6.45, 7) is 0. The third kappa shape index (κ3) is 2.45. The van der Waals surface area contributed by atoms with Gasteiger partial charge in [0.2, 0.25) is 5.82 Å². The van der Waals surface area contributed by atoms with Gasteiger partial charge in [-0.15, -0.1) is 0 Å². The molecule has 0 aliphatic heterocycles. The zero-order valence-electron chi connectivity index (χ0n) is 10.2. The second-order valence-corrected chi connectivity index (χ2v) is 3.57. The second kappa shape index (κ2) is 5.27. The summed E-state index contributed by atoms with van der Waals surface area (Å²) in [5.41, 5.74) is 1.59. The van der Waals surface area contributed by atoms with Gasteiger partial charge in [0.25, 0.3) is 0 Å². The van der Waals surface area contributed by atoms with Gasteiger partial charge in [-0.1, -0.05) is 30.3 Å². The molecule has 0 saturated heterocycles. The fourth-order valence-electron chi connectivity index (χ4n) is 1.51. The van der Waals surface area contributed by atoms with Gasteiger partial charge in [-0.3, -0.25) is 0 Å². The van der Waals surface area contributed by atoms with Gasteiger partial charge >= 0.3 is 5.97 Å². The Kier molecular flexibility index (Phi) is 3.52. The highest BCUT2D eigenvalue weighted by Crippen LogP contribution is 2.19. The van der Waals surface area contributed by atoms with Gasteiger partial charge in [0.15, 0.2) is 0 Å². The van der Waals surface area contributed by atoms with E-state index in [0.717, 1.165) is 5.56 Å². The maximum Gasteiger partial charge on any atom is 0.376 e. The number of hydrogen-bond donors (Lipinski definition) is 1. The first-order valence-corrected chi connectivity index (χ1v) is 5.45. The molecule has 0 fully saturated rings. The first kappa shape index (κ1) is 12.0. The summed E-state index contributed by atoms with van der Waals surface area (Å²) in [6.07, 6.45) is 0. The van der Waals surface area contributed by atoms with E-state index in [1.165, 1.54) is 7.11 Å². The number of methoxy groups -OCH3 is 1. The Labute approximate surface area is 105 Å². The zero-order chi connectivity index (χ0) is 13.0. The molecule has 0 atom stereocenters. The third-order valence-electron chi connectivity index (χ3n) is 2.42. The van der Waals surface area contributed by atoms with Crippen molar-refractivity contribution in [2.45, 2.75) is 0 Å². The molecular weight excluding hydrogens is 230 g/mol. The van der Waals surface area contributed by atoms with E-state index in [2.05, 4.69) is 20.0 Å². The fraction of sp³-hybridized carbons (Fsp3) is 0.154. The Balaban J connectivity index is 2.51. The molecule has 1 heterocycles. The second-order valence-electron chi connectivity index (χ2n) is 3.57. The summed E-state index contributed by atoms with van der Waals surface area (Å²) < 4.78 is 4.63. The smallest absolute Gasteiger partial charge is 0.376 e. The lowest BCUT2D eigenvalue weighted by molar-refractivity contribution is 0.0587. The van der Waals surface area contributed by atoms with Gasteiger partial charge in [0, 0.05) is 18.7 Å². The van der Waals surface area contributed by atoms with Gasteiger partial charge < -0.3 is 10.1 Å². The van der Waals surface area contributed by atoms with Crippen LogP contribution in [0.3, 0.4) is 0 Å². The minimum atomic E-state index is -0.552. The Hall–Kier alpha value is -2.43. The molecule has 2 aromatic rings. The lowest BCUT2D eigenvalue weighted by atomic mass is 10.1. The molecule has 2 rings (SSSR count). The molecule has 0 aliphatic carbocycles. The number of nitrogens with zero attached hydrogens (tertiary/aromatic N) is 2. The summed E-state index contributed by atoms with van der Waals surface area (Å²) >= 11 is 0. The molecule has 1 aromatic carbocycles. The first-order valence-electron chi connectivity index (χ1n) is 5.45. The van der Waals surface area contributed by atoms with Crippen LogP contribution in [0.25, 0.3) is 11.3 Å². The van der Waals surface area contributed by atoms with E-state index in [9.17, 15) is 4.79 Å². The quantitative estimate of drug-likeness (QED) is 0.835. The van der Waals surface area contributed by atoms with E-state index < -0.39 is 5.97 Å². The first-order chi connectivity index (χ1) is 8.74. The van der Waals surface area contributed by atoms with Crippen molar-refractivity contribution in [1.82, 2.24) is 9.97 Å². The number of benzene rings is 1. The van der Waals surface area contributed by atoms with Gasteiger partial charge in [0.1, 0.15) is 5.82 Å². The van der Waals surface area contributed by atoms with Crippen LogP contribution in [0.5, 0.6) is 0 Å². The Morgan fingerprint density at radius 1 is 1.22 bits per heavy atom. The SMILES string of the molecule is CNc1cc(-c2ccccc2)nc(C(=O)OC)n1. The minimum absolute atomic E-state index is 0.0446. The molecule has 92 valence electrons. The number of nitrogens with one attached hydrogen (secondary N) is 1. The summed E-state index contributed by atoms with van der Waals surface area (Å²) in [5.74, 6) is 0.0664. The number of hydrogen-bond acceptors (Lipinski definition) is 5. The van der Waals surface area contributed by atoms with Crippen LogP contribution in [0.2, 0.25) is 0 Å². The number of ether oxygens (including phenoxy) is 1. The fourth-order valence-corrected chi connectivity index (χ4v) is 1.51. The highest BCUT2D eigenvalue weighted by molar-refractivity contribution is 5.86. The van der Waals surface area contributed by atoms with Crippen molar-refractivity contribution in [1.29, 1.82) is 0 Å². The zero-order valence-corrected chi connectivity index (χ0v) is 10.2. The molecular formula is C13H13N3O2. The molecule has 1 N–H and O–H groups in total. The van der Waals surface area contributed by atoms with Gasteiger partial charge in [-0.05, 0) is 0 Å². The van der Waals surface area contributed by atoms with Gasteiger partial charge in [-0.2, -0.15) is 0 Å². The van der Waals surface area contributed by atoms with E-state index in [1.807, 2.05) is 30.3 Å². The van der Waals surface area contributed by atoms with Crippen molar-refractivity contribution in [2.24, 2.45) is 0 Å². The maximum atomic E-state index is 11.5. The summed E-state index contributed by atoms with van der Waals surface area (Å²) in [7, 11) is 3.04. The number of aromatic nitrogens is 2. The monoisotopic (exact) mass is 243 g/mol. The number of carbonyl (C=O) groups is 1. The van der Waals surface area contributed by atoms with E-state index in [-0.39, 0.29) is 5.82 Å². The standard InChI is InChI=1S/C13H13N3O2/c1-14-11-8-10(9-6-4-3-5-7-9)15-12(16-11)13(17)18-2/h3-8H,1-2H3,(H,14,15,16). The molecule has 0 radical (unpaired) electrons. The van der Waals surface area contributed by atoms with Crippen molar-refractivity contribution in [3.05, 3.63) is 42.2 Å². The van der Waals surface area contributed by atoms with E-state index >= 15 is 0 Å². The normalized spacial score (nSPS) is 9.89. The predicted molar refractivity (Wildman–Crippen MR) is 68.4 cm³/mol. The van der Waals surface area contributed by atoms with Crippen molar-refractivity contribution < 1.29 is 9.53 Å². The summed E-state index contributed by atoms with van der Waals surface area (Å²) in [6, 6.07) is 11.4. The third-order valence-corrected chi connectivity index (χ3v) is 2.42. The topological polar surface area (TPSA) is 64.1 Å². The Morgan fingerprint density at radius 3 is 2.56 bits per heavy atom. The van der Waals surface area contributed by atoms with Crippen molar-refractivity contribution in [3.63, 3.8) is 0 Å². The minimum Gasteiger partial charge on any atom is -0.463 e. The molecule has 0 amide bonds. The van der Waals surface area contributed by atoms with E-state index in [0.29, 0.717) is 11.5 Å². The van der Waals surface area contributed by atoms with Crippen molar-refractivity contribution in [3.8, 4) is 11.3 Å².